The van der Waals surface area contributed by atoms with E-state index in [-0.39, 0.29) is 31.1 Å². The topological polar surface area (TPSA) is 78.9 Å². The van der Waals surface area contributed by atoms with Gasteiger partial charge < -0.3 is 14.2 Å². The zero-order valence-corrected chi connectivity index (χ0v) is 43.1. The summed E-state index contributed by atoms with van der Waals surface area (Å²) in [5.41, 5.74) is 0. The first-order chi connectivity index (χ1) is 31.5. The Hall–Kier alpha value is -2.11. The summed E-state index contributed by atoms with van der Waals surface area (Å²) in [5.74, 6) is -0.864. The minimum absolute atomic E-state index is 0.0709. The van der Waals surface area contributed by atoms with E-state index >= 15 is 0 Å². The normalized spacial score (nSPS) is 12.1. The summed E-state index contributed by atoms with van der Waals surface area (Å²) in [6.07, 6.45) is 61.6. The van der Waals surface area contributed by atoms with Crippen LogP contribution < -0.4 is 0 Å². The summed E-state index contributed by atoms with van der Waals surface area (Å²) in [6.45, 7) is 6.66. The van der Waals surface area contributed by atoms with Crippen LogP contribution in [0.1, 0.15) is 310 Å². The highest BCUT2D eigenvalue weighted by molar-refractivity contribution is 5.71. The zero-order chi connectivity index (χ0) is 46.5. The molecule has 0 aromatic carbocycles. The molecule has 0 unspecified atom stereocenters. The van der Waals surface area contributed by atoms with Crippen molar-refractivity contribution in [3.63, 3.8) is 0 Å². The molecule has 0 spiro atoms. The molecular formula is C58H108O6. The van der Waals surface area contributed by atoms with Gasteiger partial charge in [0, 0.05) is 19.3 Å². The minimum Gasteiger partial charge on any atom is -0.462 e. The van der Waals surface area contributed by atoms with Crippen LogP contribution in [-0.4, -0.2) is 37.2 Å². The number of hydrogen-bond acceptors (Lipinski definition) is 6. The van der Waals surface area contributed by atoms with Gasteiger partial charge in [-0.05, 0) is 70.6 Å². The summed E-state index contributed by atoms with van der Waals surface area (Å²) in [4.78, 5) is 38.1. The van der Waals surface area contributed by atoms with Crippen LogP contribution in [0.15, 0.2) is 24.3 Å². The molecule has 0 aliphatic rings. The first-order valence-electron chi connectivity index (χ1n) is 28.3. The molecule has 0 aromatic rings. The quantitative estimate of drug-likeness (QED) is 0.0262. The lowest BCUT2D eigenvalue weighted by Crippen LogP contribution is -2.30. The van der Waals surface area contributed by atoms with Crippen molar-refractivity contribution in [2.45, 2.75) is 316 Å². The maximum Gasteiger partial charge on any atom is 0.306 e. The Balaban J connectivity index is 4.31. The van der Waals surface area contributed by atoms with Crippen LogP contribution in [-0.2, 0) is 28.6 Å². The predicted molar refractivity (Wildman–Crippen MR) is 275 cm³/mol. The van der Waals surface area contributed by atoms with E-state index in [1.165, 1.54) is 205 Å². The second-order valence-corrected chi connectivity index (χ2v) is 19.2. The molecule has 6 nitrogen and oxygen atoms in total. The summed E-state index contributed by atoms with van der Waals surface area (Å²) < 4.78 is 16.9. The van der Waals surface area contributed by atoms with E-state index in [2.05, 4.69) is 45.1 Å². The van der Waals surface area contributed by atoms with E-state index < -0.39 is 6.10 Å². The third-order valence-electron chi connectivity index (χ3n) is 12.7. The molecule has 0 aromatic heterocycles. The molecular weight excluding hydrogens is 793 g/mol. The fraction of sp³-hybridized carbons (Fsp3) is 0.879. The number of carbonyl (C=O) groups excluding carboxylic acids is 3. The van der Waals surface area contributed by atoms with Crippen molar-refractivity contribution in [1.82, 2.24) is 0 Å². The monoisotopic (exact) mass is 901 g/mol. The molecule has 0 radical (unpaired) electrons. The Kier molecular flexibility index (Phi) is 51.7. The van der Waals surface area contributed by atoms with Gasteiger partial charge in [0.1, 0.15) is 13.2 Å². The van der Waals surface area contributed by atoms with Gasteiger partial charge in [-0.25, -0.2) is 0 Å². The van der Waals surface area contributed by atoms with E-state index in [9.17, 15) is 14.4 Å². The molecule has 64 heavy (non-hydrogen) atoms. The lowest BCUT2D eigenvalue weighted by molar-refractivity contribution is -0.167. The molecule has 0 rings (SSSR count). The fourth-order valence-electron chi connectivity index (χ4n) is 8.37. The summed E-state index contributed by atoms with van der Waals surface area (Å²) in [5, 5.41) is 0. The van der Waals surface area contributed by atoms with Gasteiger partial charge >= 0.3 is 17.9 Å². The number of esters is 3. The van der Waals surface area contributed by atoms with Gasteiger partial charge in [-0.2, -0.15) is 0 Å². The second kappa shape index (κ2) is 53.5. The highest BCUT2D eigenvalue weighted by Crippen LogP contribution is 2.16. The molecule has 0 heterocycles. The highest BCUT2D eigenvalue weighted by Gasteiger charge is 2.19. The third-order valence-corrected chi connectivity index (χ3v) is 12.7. The van der Waals surface area contributed by atoms with Crippen molar-refractivity contribution in [3.8, 4) is 0 Å². The smallest absolute Gasteiger partial charge is 0.306 e. The van der Waals surface area contributed by atoms with Gasteiger partial charge in [-0.1, -0.05) is 244 Å². The van der Waals surface area contributed by atoms with E-state index in [1.54, 1.807) is 0 Å². The first kappa shape index (κ1) is 61.9. The molecule has 376 valence electrons. The SMILES string of the molecule is CCCCCCC/C=C\CCCCCCCC(=O)O[C@@H](COC(=O)CCCCCCCCCCC/C=C\CCCCCCCC)COC(=O)CCCCCCCCCCCCCCC. The molecule has 0 fully saturated rings. The van der Waals surface area contributed by atoms with Crippen molar-refractivity contribution in [1.29, 1.82) is 0 Å². The van der Waals surface area contributed by atoms with Gasteiger partial charge in [0.25, 0.3) is 0 Å². The van der Waals surface area contributed by atoms with Crippen molar-refractivity contribution in [2.24, 2.45) is 0 Å². The molecule has 0 aliphatic carbocycles. The Bertz CT molecular complexity index is 1040. The molecule has 0 saturated carbocycles. The minimum atomic E-state index is -0.772. The standard InChI is InChI=1S/C58H108O6/c1-4-7-10-13-16-19-22-25-27-28-29-30-31-34-36-39-42-45-48-51-57(60)63-54-55(53-62-56(59)50-47-44-41-38-35-32-24-21-18-15-12-9-6-3)64-58(61)52-49-46-43-40-37-33-26-23-20-17-14-11-8-5-2/h23,25-27,55H,4-22,24,28-54H2,1-3H3/b26-23-,27-25-/t55-/m1/s1. The van der Waals surface area contributed by atoms with Crippen molar-refractivity contribution in [2.75, 3.05) is 13.2 Å². The molecule has 1 atom stereocenters. The molecule has 0 aliphatic heterocycles. The van der Waals surface area contributed by atoms with Gasteiger partial charge in [0.15, 0.2) is 6.10 Å². The number of unbranched alkanes of at least 4 members (excludes halogenated alkanes) is 37. The lowest BCUT2D eigenvalue weighted by atomic mass is 10.0. The van der Waals surface area contributed by atoms with Crippen LogP contribution in [0.25, 0.3) is 0 Å². The van der Waals surface area contributed by atoms with Crippen LogP contribution in [0.5, 0.6) is 0 Å². The Labute approximate surface area is 398 Å². The number of carbonyl (C=O) groups is 3. The van der Waals surface area contributed by atoms with Gasteiger partial charge in [0.05, 0.1) is 0 Å². The Morgan fingerprint density at radius 1 is 0.297 bits per heavy atom. The van der Waals surface area contributed by atoms with E-state index in [0.29, 0.717) is 19.3 Å². The average molecular weight is 901 g/mol. The summed E-state index contributed by atoms with van der Waals surface area (Å²) in [6, 6.07) is 0. The van der Waals surface area contributed by atoms with Crippen LogP contribution in [0.2, 0.25) is 0 Å². The molecule has 0 bridgehead atoms. The molecule has 0 amide bonds. The van der Waals surface area contributed by atoms with Crippen molar-refractivity contribution < 1.29 is 28.6 Å². The number of rotatable bonds is 52. The number of hydrogen-bond donors (Lipinski definition) is 0. The van der Waals surface area contributed by atoms with Crippen LogP contribution in [0.3, 0.4) is 0 Å². The zero-order valence-electron chi connectivity index (χ0n) is 43.1. The van der Waals surface area contributed by atoms with E-state index in [0.717, 1.165) is 64.2 Å². The predicted octanol–water partition coefficient (Wildman–Crippen LogP) is 18.7. The summed E-state index contributed by atoms with van der Waals surface area (Å²) in [7, 11) is 0. The van der Waals surface area contributed by atoms with E-state index in [1.807, 2.05) is 0 Å². The number of allylic oxidation sites excluding steroid dienone is 4. The van der Waals surface area contributed by atoms with Gasteiger partial charge in [-0.3, -0.25) is 14.4 Å². The summed E-state index contributed by atoms with van der Waals surface area (Å²) >= 11 is 0. The van der Waals surface area contributed by atoms with Gasteiger partial charge in [-0.15, -0.1) is 0 Å². The maximum absolute atomic E-state index is 12.8. The first-order valence-corrected chi connectivity index (χ1v) is 28.3. The average Bonchev–Trinajstić information content (AvgIpc) is 3.29. The van der Waals surface area contributed by atoms with Crippen LogP contribution >= 0.6 is 0 Å². The fourth-order valence-corrected chi connectivity index (χ4v) is 8.37. The van der Waals surface area contributed by atoms with Crippen molar-refractivity contribution >= 4 is 17.9 Å². The lowest BCUT2D eigenvalue weighted by Gasteiger charge is -2.18. The second-order valence-electron chi connectivity index (χ2n) is 19.2. The van der Waals surface area contributed by atoms with Crippen LogP contribution in [0.4, 0.5) is 0 Å². The maximum atomic E-state index is 12.8. The third kappa shape index (κ3) is 50.9. The molecule has 0 saturated heterocycles. The molecule has 0 N–H and O–H groups in total. The Morgan fingerprint density at radius 3 is 0.781 bits per heavy atom. The van der Waals surface area contributed by atoms with Crippen molar-refractivity contribution in [3.05, 3.63) is 24.3 Å². The van der Waals surface area contributed by atoms with Gasteiger partial charge in [0.2, 0.25) is 0 Å². The number of ether oxygens (including phenoxy) is 3. The molecule has 6 heteroatoms. The van der Waals surface area contributed by atoms with E-state index in [4.69, 9.17) is 14.2 Å². The van der Waals surface area contributed by atoms with Crippen LogP contribution in [0, 0.1) is 0 Å². The largest absolute Gasteiger partial charge is 0.462 e. The Morgan fingerprint density at radius 2 is 0.516 bits per heavy atom. The highest BCUT2D eigenvalue weighted by atomic mass is 16.6.